The molecule has 6 heteroatoms. The maximum absolute atomic E-state index is 13.6. The number of allylic oxidation sites excluding steroid dienone is 2. The number of nitrogens with one attached hydrogen (secondary N) is 1. The molecular formula is C27H30N2O4. The highest BCUT2D eigenvalue weighted by Crippen LogP contribution is 2.48. The van der Waals surface area contributed by atoms with Crippen LogP contribution >= 0.6 is 0 Å². The summed E-state index contributed by atoms with van der Waals surface area (Å²) < 4.78 is 5.32. The summed E-state index contributed by atoms with van der Waals surface area (Å²) in [7, 11) is 1.48. The van der Waals surface area contributed by atoms with E-state index in [9.17, 15) is 14.7 Å². The van der Waals surface area contributed by atoms with Crippen LogP contribution in [0, 0.1) is 18.3 Å². The Bertz CT molecular complexity index is 1190. The number of Topliss-reactive ketones (excluding diaryl/α,β-unsaturated/α-hetero) is 1. The first-order valence-electron chi connectivity index (χ1n) is 11.2. The third-order valence-corrected chi connectivity index (χ3v) is 6.55. The Morgan fingerprint density at radius 2 is 1.88 bits per heavy atom. The molecule has 2 aromatic rings. The lowest BCUT2D eigenvalue weighted by molar-refractivity contribution is -0.119. The van der Waals surface area contributed by atoms with Gasteiger partial charge >= 0.3 is 0 Å². The van der Waals surface area contributed by atoms with E-state index < -0.39 is 11.8 Å². The van der Waals surface area contributed by atoms with Crippen molar-refractivity contribution < 1.29 is 19.4 Å². The predicted octanol–water partition coefficient (Wildman–Crippen LogP) is 5.17. The van der Waals surface area contributed by atoms with E-state index in [-0.39, 0.29) is 22.9 Å². The second-order valence-electron chi connectivity index (χ2n) is 9.75. The molecule has 1 heterocycles. The molecular weight excluding hydrogens is 416 g/mol. The van der Waals surface area contributed by atoms with Crippen molar-refractivity contribution in [3.05, 3.63) is 64.9 Å². The number of ketones is 1. The molecule has 0 saturated carbocycles. The Balaban J connectivity index is 1.84. The van der Waals surface area contributed by atoms with Crippen molar-refractivity contribution in [2.24, 2.45) is 16.3 Å². The summed E-state index contributed by atoms with van der Waals surface area (Å²) in [5.41, 5.74) is 4.26. The van der Waals surface area contributed by atoms with E-state index in [1.165, 1.54) is 7.11 Å². The summed E-state index contributed by atoms with van der Waals surface area (Å²) >= 11 is 0. The van der Waals surface area contributed by atoms with Gasteiger partial charge in [0.05, 0.1) is 13.0 Å². The fourth-order valence-corrected chi connectivity index (χ4v) is 4.96. The van der Waals surface area contributed by atoms with E-state index in [0.29, 0.717) is 29.9 Å². The highest BCUT2D eigenvalue weighted by Gasteiger charge is 2.45. The monoisotopic (exact) mass is 446 g/mol. The Morgan fingerprint density at radius 3 is 2.58 bits per heavy atom. The van der Waals surface area contributed by atoms with Gasteiger partial charge in [-0.15, -0.1) is 0 Å². The molecule has 4 rings (SSSR count). The van der Waals surface area contributed by atoms with Gasteiger partial charge in [0.15, 0.2) is 17.3 Å². The lowest BCUT2D eigenvalue weighted by Gasteiger charge is -2.39. The Morgan fingerprint density at radius 1 is 1.15 bits per heavy atom. The summed E-state index contributed by atoms with van der Waals surface area (Å²) in [6.07, 6.45) is 1.07. The largest absolute Gasteiger partial charge is 0.504 e. The van der Waals surface area contributed by atoms with E-state index in [1.54, 1.807) is 18.2 Å². The molecule has 0 radical (unpaired) electrons. The number of amides is 1. The molecule has 6 nitrogen and oxygen atoms in total. The van der Waals surface area contributed by atoms with Gasteiger partial charge in [0.25, 0.3) is 0 Å². The van der Waals surface area contributed by atoms with Gasteiger partial charge in [-0.25, -0.2) is 0 Å². The molecule has 1 aliphatic carbocycles. The molecule has 172 valence electrons. The smallest absolute Gasteiger partial charge is 0.234 e. The third kappa shape index (κ3) is 4.30. The Hall–Kier alpha value is -3.41. The van der Waals surface area contributed by atoms with Crippen LogP contribution in [0.5, 0.6) is 11.5 Å². The molecule has 0 bridgehead atoms. The number of carbonyl (C=O) groups excluding carboxylic acids is 2. The van der Waals surface area contributed by atoms with E-state index in [1.807, 2.05) is 38.1 Å². The van der Waals surface area contributed by atoms with Gasteiger partial charge in [-0.1, -0.05) is 38.1 Å². The summed E-state index contributed by atoms with van der Waals surface area (Å²) in [6.45, 7) is 7.92. The van der Waals surface area contributed by atoms with E-state index in [4.69, 9.17) is 9.73 Å². The lowest BCUT2D eigenvalue weighted by atomic mass is 9.66. The van der Waals surface area contributed by atoms with Crippen molar-refractivity contribution in [3.8, 4) is 11.5 Å². The van der Waals surface area contributed by atoms with Crippen LogP contribution in [-0.4, -0.2) is 29.6 Å². The number of ether oxygens (including phenoxy) is 1. The van der Waals surface area contributed by atoms with Crippen molar-refractivity contribution in [2.75, 3.05) is 12.4 Å². The number of aryl methyl sites for hydroxylation is 1. The molecule has 2 aromatic carbocycles. The van der Waals surface area contributed by atoms with Gasteiger partial charge in [-0.2, -0.15) is 0 Å². The van der Waals surface area contributed by atoms with Gasteiger partial charge in [-0.05, 0) is 55.0 Å². The van der Waals surface area contributed by atoms with Crippen molar-refractivity contribution in [2.45, 2.75) is 46.5 Å². The SMILES string of the molecule is COc1cc([C@@H]2C3=C(CC(C)(C)CC3=O)N=C(C)C2C(=O)Nc2ccccc2C)ccc1O. The molecule has 0 spiro atoms. The minimum Gasteiger partial charge on any atom is -0.504 e. The number of nitrogens with zero attached hydrogens (tertiary/aromatic N) is 1. The van der Waals surface area contributed by atoms with Gasteiger partial charge < -0.3 is 15.2 Å². The van der Waals surface area contributed by atoms with Crippen LogP contribution in [0.1, 0.15) is 50.7 Å². The number of aromatic hydroxyl groups is 1. The number of carbonyl (C=O) groups is 2. The molecule has 1 amide bonds. The number of hydrogen-bond acceptors (Lipinski definition) is 5. The number of phenols is 1. The first-order chi connectivity index (χ1) is 15.6. The highest BCUT2D eigenvalue weighted by molar-refractivity contribution is 6.13. The molecule has 33 heavy (non-hydrogen) atoms. The molecule has 2 atom stereocenters. The van der Waals surface area contributed by atoms with Crippen LogP contribution in [0.4, 0.5) is 5.69 Å². The molecule has 2 aliphatic rings. The third-order valence-electron chi connectivity index (χ3n) is 6.55. The summed E-state index contributed by atoms with van der Waals surface area (Å²) in [5.74, 6) is -1.07. The number of para-hydroxylation sites is 1. The molecule has 2 N–H and O–H groups in total. The fraction of sp³-hybridized carbons (Fsp3) is 0.370. The first-order valence-corrected chi connectivity index (χ1v) is 11.2. The van der Waals surface area contributed by atoms with Crippen LogP contribution < -0.4 is 10.1 Å². The van der Waals surface area contributed by atoms with Crippen LogP contribution in [0.15, 0.2) is 58.7 Å². The average molecular weight is 447 g/mol. The zero-order chi connectivity index (χ0) is 23.9. The first kappa shape index (κ1) is 22.8. The molecule has 0 aromatic heterocycles. The summed E-state index contributed by atoms with van der Waals surface area (Å²) in [6, 6.07) is 12.6. The number of phenolic OH excluding ortho intramolecular Hbond substituents is 1. The quantitative estimate of drug-likeness (QED) is 0.679. The Kier molecular flexibility index (Phi) is 5.87. The molecule has 1 unspecified atom stereocenters. The summed E-state index contributed by atoms with van der Waals surface area (Å²) in [5, 5.41) is 13.2. The second kappa shape index (κ2) is 8.50. The highest BCUT2D eigenvalue weighted by atomic mass is 16.5. The molecule has 0 fully saturated rings. The van der Waals surface area contributed by atoms with Crippen LogP contribution in [0.3, 0.4) is 0 Å². The summed E-state index contributed by atoms with van der Waals surface area (Å²) in [4.78, 5) is 31.8. The Labute approximate surface area is 194 Å². The standard InChI is InChI=1S/C27H30N2O4/c1-15-8-6-7-9-18(15)29-26(32)23-16(2)28-19-13-27(3,4)14-21(31)25(19)24(23)17-10-11-20(30)22(12-17)33-5/h6-12,23-24,30H,13-14H2,1-5H3,(H,29,32)/t23?,24-/m0/s1. The molecule has 0 saturated heterocycles. The normalized spacial score (nSPS) is 21.8. The lowest BCUT2D eigenvalue weighted by Crippen LogP contribution is -2.41. The van der Waals surface area contributed by atoms with E-state index in [0.717, 1.165) is 22.5 Å². The molecule has 1 aliphatic heterocycles. The maximum atomic E-state index is 13.6. The van der Waals surface area contributed by atoms with Crippen molar-refractivity contribution in [1.82, 2.24) is 0 Å². The van der Waals surface area contributed by atoms with E-state index >= 15 is 0 Å². The fourth-order valence-electron chi connectivity index (χ4n) is 4.96. The minimum absolute atomic E-state index is 0.00803. The maximum Gasteiger partial charge on any atom is 0.234 e. The predicted molar refractivity (Wildman–Crippen MR) is 129 cm³/mol. The number of hydrogen-bond donors (Lipinski definition) is 2. The second-order valence-corrected chi connectivity index (χ2v) is 9.75. The van der Waals surface area contributed by atoms with Gasteiger partial charge in [0.1, 0.15) is 0 Å². The topological polar surface area (TPSA) is 88.0 Å². The van der Waals surface area contributed by atoms with E-state index in [2.05, 4.69) is 19.2 Å². The number of aliphatic imine (C=N–C) groups is 1. The van der Waals surface area contributed by atoms with Gasteiger partial charge in [-0.3, -0.25) is 14.6 Å². The van der Waals surface area contributed by atoms with Crippen LogP contribution in [-0.2, 0) is 9.59 Å². The number of rotatable bonds is 4. The average Bonchev–Trinajstić information content (AvgIpc) is 2.73. The zero-order valence-electron chi connectivity index (χ0n) is 19.7. The number of anilines is 1. The van der Waals surface area contributed by atoms with Crippen molar-refractivity contribution in [1.29, 1.82) is 0 Å². The van der Waals surface area contributed by atoms with Crippen LogP contribution in [0.25, 0.3) is 0 Å². The minimum atomic E-state index is -0.664. The van der Waals surface area contributed by atoms with Crippen molar-refractivity contribution >= 4 is 23.1 Å². The van der Waals surface area contributed by atoms with Crippen LogP contribution in [0.2, 0.25) is 0 Å². The number of benzene rings is 2. The van der Waals surface area contributed by atoms with Gasteiger partial charge in [0.2, 0.25) is 5.91 Å². The van der Waals surface area contributed by atoms with Crippen molar-refractivity contribution in [3.63, 3.8) is 0 Å². The zero-order valence-corrected chi connectivity index (χ0v) is 19.7. The number of methoxy groups -OCH3 is 1. The van der Waals surface area contributed by atoms with Gasteiger partial charge in [0, 0.05) is 35.0 Å².